The van der Waals surface area contributed by atoms with Crippen LogP contribution in [0.5, 0.6) is 0 Å². The molecule has 0 bridgehead atoms. The third kappa shape index (κ3) is 2.25. The third-order valence-corrected chi connectivity index (χ3v) is 4.25. The number of nitrogens with two attached hydrogens (primary N) is 1. The van der Waals surface area contributed by atoms with E-state index >= 15 is 0 Å². The zero-order valence-corrected chi connectivity index (χ0v) is 8.89. The van der Waals surface area contributed by atoms with E-state index in [1.54, 1.807) is 0 Å². The summed E-state index contributed by atoms with van der Waals surface area (Å²) in [6.07, 6.45) is 11.3. The van der Waals surface area contributed by atoms with E-state index in [1.807, 2.05) is 0 Å². The minimum atomic E-state index is 0.496. The van der Waals surface area contributed by atoms with Crippen LogP contribution in [0.4, 0.5) is 0 Å². The minimum Gasteiger partial charge on any atom is -0.327 e. The molecule has 76 valence electrons. The van der Waals surface area contributed by atoms with Crippen molar-refractivity contribution >= 4 is 0 Å². The van der Waals surface area contributed by atoms with Gasteiger partial charge in [-0.2, -0.15) is 0 Å². The molecule has 13 heavy (non-hydrogen) atoms. The maximum Gasteiger partial charge on any atom is 0.00955 e. The van der Waals surface area contributed by atoms with E-state index in [0.29, 0.717) is 11.5 Å². The van der Waals surface area contributed by atoms with Gasteiger partial charge in [-0.1, -0.05) is 39.0 Å². The summed E-state index contributed by atoms with van der Waals surface area (Å²) in [6.45, 7) is 2.36. The van der Waals surface area contributed by atoms with E-state index in [2.05, 4.69) is 6.92 Å². The van der Waals surface area contributed by atoms with Crippen molar-refractivity contribution in [2.75, 3.05) is 0 Å². The van der Waals surface area contributed by atoms with Crippen LogP contribution in [0.1, 0.15) is 58.3 Å². The van der Waals surface area contributed by atoms with Gasteiger partial charge in [0.2, 0.25) is 0 Å². The molecule has 1 nitrogen and oxygen atoms in total. The lowest BCUT2D eigenvalue weighted by Gasteiger charge is -2.27. The molecule has 2 rings (SSSR count). The molecule has 0 aromatic rings. The van der Waals surface area contributed by atoms with Gasteiger partial charge in [-0.25, -0.2) is 0 Å². The fourth-order valence-corrected chi connectivity index (χ4v) is 2.63. The molecular formula is C12H23N. The van der Waals surface area contributed by atoms with Crippen LogP contribution in [-0.4, -0.2) is 6.04 Å². The smallest absolute Gasteiger partial charge is 0.00955 e. The molecule has 2 saturated carbocycles. The summed E-state index contributed by atoms with van der Waals surface area (Å²) >= 11 is 0. The average molecular weight is 181 g/mol. The molecule has 1 atom stereocenters. The van der Waals surface area contributed by atoms with Gasteiger partial charge < -0.3 is 5.73 Å². The van der Waals surface area contributed by atoms with Gasteiger partial charge in [0.25, 0.3) is 0 Å². The largest absolute Gasteiger partial charge is 0.327 e. The molecule has 2 aliphatic carbocycles. The molecule has 1 unspecified atom stereocenters. The fourth-order valence-electron chi connectivity index (χ4n) is 2.63. The van der Waals surface area contributed by atoms with Gasteiger partial charge in [0, 0.05) is 6.04 Å². The molecule has 0 heterocycles. The molecule has 1 heteroatoms. The zero-order valence-electron chi connectivity index (χ0n) is 8.89. The van der Waals surface area contributed by atoms with E-state index < -0.39 is 0 Å². The van der Waals surface area contributed by atoms with Crippen molar-refractivity contribution in [1.82, 2.24) is 0 Å². The molecule has 2 aliphatic rings. The second kappa shape index (κ2) is 3.61. The molecular weight excluding hydrogens is 158 g/mol. The average Bonchev–Trinajstić information content (AvgIpc) is 2.87. The first-order valence-electron chi connectivity index (χ1n) is 5.96. The lowest BCUT2D eigenvalue weighted by molar-refractivity contribution is 0.279. The normalized spacial score (nSPS) is 30.0. The van der Waals surface area contributed by atoms with Crippen molar-refractivity contribution in [2.45, 2.75) is 64.3 Å². The molecule has 2 fully saturated rings. The van der Waals surface area contributed by atoms with E-state index in [-0.39, 0.29) is 0 Å². The highest BCUT2D eigenvalue weighted by atomic mass is 14.7. The highest BCUT2D eigenvalue weighted by Crippen LogP contribution is 2.49. The van der Waals surface area contributed by atoms with Crippen molar-refractivity contribution in [2.24, 2.45) is 17.1 Å². The Bertz CT molecular complexity index is 166. The van der Waals surface area contributed by atoms with Gasteiger partial charge in [-0.05, 0) is 30.6 Å². The minimum absolute atomic E-state index is 0.496. The quantitative estimate of drug-likeness (QED) is 0.711. The highest BCUT2D eigenvalue weighted by molar-refractivity contribution is 4.97. The molecule has 0 saturated heterocycles. The van der Waals surface area contributed by atoms with Crippen LogP contribution in [-0.2, 0) is 0 Å². The van der Waals surface area contributed by atoms with Gasteiger partial charge in [-0.15, -0.1) is 0 Å². The second-order valence-corrected chi connectivity index (χ2v) is 5.50. The Morgan fingerprint density at radius 3 is 2.38 bits per heavy atom. The zero-order chi connectivity index (χ0) is 9.31. The Hall–Kier alpha value is -0.0400. The van der Waals surface area contributed by atoms with Crippen LogP contribution < -0.4 is 5.73 Å². The third-order valence-electron chi connectivity index (χ3n) is 4.25. The van der Waals surface area contributed by atoms with Crippen LogP contribution in [0.2, 0.25) is 0 Å². The Labute approximate surface area is 82.1 Å². The van der Waals surface area contributed by atoms with E-state index in [1.165, 1.54) is 51.4 Å². The Kier molecular flexibility index (Phi) is 2.64. The summed E-state index contributed by atoms with van der Waals surface area (Å²) in [5.74, 6) is 0.959. The molecule has 0 radical (unpaired) electrons. The molecule has 2 N–H and O–H groups in total. The molecule has 0 aliphatic heterocycles. The lowest BCUT2D eigenvalue weighted by Crippen LogP contribution is -2.32. The van der Waals surface area contributed by atoms with Gasteiger partial charge in [0.1, 0.15) is 0 Å². The maximum absolute atomic E-state index is 6.24. The van der Waals surface area contributed by atoms with E-state index in [9.17, 15) is 0 Å². The Balaban J connectivity index is 1.76. The first-order chi connectivity index (χ1) is 6.21. The van der Waals surface area contributed by atoms with Crippen LogP contribution in [0.15, 0.2) is 0 Å². The number of rotatable bonds is 3. The Morgan fingerprint density at radius 1 is 1.23 bits per heavy atom. The molecule has 0 aromatic heterocycles. The van der Waals surface area contributed by atoms with Crippen molar-refractivity contribution in [3.63, 3.8) is 0 Å². The van der Waals surface area contributed by atoms with E-state index in [0.717, 1.165) is 5.92 Å². The van der Waals surface area contributed by atoms with Crippen molar-refractivity contribution in [3.8, 4) is 0 Å². The van der Waals surface area contributed by atoms with Gasteiger partial charge in [0.15, 0.2) is 0 Å². The molecule has 0 aromatic carbocycles. The van der Waals surface area contributed by atoms with Crippen molar-refractivity contribution in [1.29, 1.82) is 0 Å². The monoisotopic (exact) mass is 181 g/mol. The summed E-state index contributed by atoms with van der Waals surface area (Å²) in [7, 11) is 0. The number of hydrogen-bond donors (Lipinski definition) is 1. The summed E-state index contributed by atoms with van der Waals surface area (Å²) in [6, 6.07) is 0.496. The second-order valence-electron chi connectivity index (χ2n) is 5.50. The van der Waals surface area contributed by atoms with E-state index in [4.69, 9.17) is 5.73 Å². The standard InChI is InChI=1S/C12H23N/c1-12(7-8-12)11(13)9-10-5-3-2-4-6-10/h10-11H,2-9,13H2,1H3. The first kappa shape index (κ1) is 9.51. The summed E-state index contributed by atoms with van der Waals surface area (Å²) < 4.78 is 0. The molecule has 0 amide bonds. The highest BCUT2D eigenvalue weighted by Gasteiger charge is 2.43. The Morgan fingerprint density at radius 2 is 1.85 bits per heavy atom. The van der Waals surface area contributed by atoms with Crippen LogP contribution in [0.3, 0.4) is 0 Å². The van der Waals surface area contributed by atoms with Gasteiger partial charge >= 0.3 is 0 Å². The SMILES string of the molecule is CC1(C(N)CC2CCCCC2)CC1. The van der Waals surface area contributed by atoms with Crippen molar-refractivity contribution < 1.29 is 0 Å². The van der Waals surface area contributed by atoms with Gasteiger partial charge in [0.05, 0.1) is 0 Å². The predicted molar refractivity (Wildman–Crippen MR) is 56.5 cm³/mol. The lowest BCUT2D eigenvalue weighted by atomic mass is 9.81. The summed E-state index contributed by atoms with van der Waals surface area (Å²) in [5.41, 5.74) is 6.78. The van der Waals surface area contributed by atoms with Crippen molar-refractivity contribution in [3.05, 3.63) is 0 Å². The van der Waals surface area contributed by atoms with Gasteiger partial charge in [-0.3, -0.25) is 0 Å². The topological polar surface area (TPSA) is 26.0 Å². The van der Waals surface area contributed by atoms with Crippen LogP contribution >= 0.6 is 0 Å². The summed E-state index contributed by atoms with van der Waals surface area (Å²) in [4.78, 5) is 0. The fraction of sp³-hybridized carbons (Fsp3) is 1.00. The first-order valence-corrected chi connectivity index (χ1v) is 5.96. The maximum atomic E-state index is 6.24. The predicted octanol–water partition coefficient (Wildman–Crippen LogP) is 3.08. The summed E-state index contributed by atoms with van der Waals surface area (Å²) in [5, 5.41) is 0. The molecule has 0 spiro atoms. The van der Waals surface area contributed by atoms with Crippen LogP contribution in [0.25, 0.3) is 0 Å². The number of hydrogen-bond acceptors (Lipinski definition) is 1. The van der Waals surface area contributed by atoms with Crippen LogP contribution in [0, 0.1) is 11.3 Å².